The van der Waals surface area contributed by atoms with Gasteiger partial charge in [-0.3, -0.25) is 4.79 Å². The normalized spacial score (nSPS) is 29.9. The van der Waals surface area contributed by atoms with Gasteiger partial charge >= 0.3 is 5.97 Å². The molecule has 0 radical (unpaired) electrons. The molecule has 2 N–H and O–H groups in total. The summed E-state index contributed by atoms with van der Waals surface area (Å²) in [7, 11) is 0. The fraction of sp³-hybridized carbons (Fsp3) is 0.739. The molecule has 3 aliphatic rings. The van der Waals surface area contributed by atoms with Gasteiger partial charge in [0.2, 0.25) is 0 Å². The van der Waals surface area contributed by atoms with Crippen molar-refractivity contribution in [3.05, 3.63) is 16.0 Å². The minimum atomic E-state index is -0.291. The zero-order valence-corrected chi connectivity index (χ0v) is 19.1. The van der Waals surface area contributed by atoms with E-state index in [1.807, 2.05) is 6.92 Å². The van der Waals surface area contributed by atoms with E-state index in [0.29, 0.717) is 40.6 Å². The van der Waals surface area contributed by atoms with Crippen LogP contribution in [0.1, 0.15) is 80.6 Å². The van der Waals surface area contributed by atoms with Gasteiger partial charge in [-0.15, -0.1) is 11.3 Å². The van der Waals surface area contributed by atoms with E-state index in [0.717, 1.165) is 37.8 Å². The number of nitrogens with one attached hydrogen (secondary N) is 2. The number of anilines is 1. The lowest BCUT2D eigenvalue weighted by molar-refractivity contribution is -0.906. The predicted molar refractivity (Wildman–Crippen MR) is 116 cm³/mol. The molecule has 160 valence electrons. The second-order valence-electron chi connectivity index (χ2n) is 10.5. The van der Waals surface area contributed by atoms with Gasteiger partial charge in [0, 0.05) is 23.1 Å². The van der Waals surface area contributed by atoms with Gasteiger partial charge in [0.05, 0.1) is 24.8 Å². The third-order valence-electron chi connectivity index (χ3n) is 6.97. The summed E-state index contributed by atoms with van der Waals surface area (Å²) in [6.07, 6.45) is 7.80. The lowest BCUT2D eigenvalue weighted by Crippen LogP contribution is -3.15. The maximum Gasteiger partial charge on any atom is 0.341 e. The number of amides is 1. The Morgan fingerprint density at radius 2 is 1.97 bits per heavy atom. The van der Waals surface area contributed by atoms with E-state index in [-0.39, 0.29) is 11.9 Å². The van der Waals surface area contributed by atoms with Gasteiger partial charge in [0.1, 0.15) is 5.00 Å². The molecule has 2 bridgehead atoms. The fourth-order valence-corrected chi connectivity index (χ4v) is 7.70. The molecule has 1 aromatic heterocycles. The molecule has 1 unspecified atom stereocenters. The van der Waals surface area contributed by atoms with Crippen LogP contribution in [0.4, 0.5) is 5.00 Å². The van der Waals surface area contributed by atoms with Gasteiger partial charge in [-0.05, 0) is 50.0 Å². The maximum absolute atomic E-state index is 13.0. The van der Waals surface area contributed by atoms with E-state index in [1.54, 1.807) is 11.3 Å². The molecule has 1 aliphatic heterocycles. The number of hydrogen-bond acceptors (Lipinski definition) is 4. The molecule has 29 heavy (non-hydrogen) atoms. The third kappa shape index (κ3) is 4.24. The molecule has 2 heterocycles. The van der Waals surface area contributed by atoms with Gasteiger partial charge in [0.25, 0.3) is 5.91 Å². The first kappa shape index (κ1) is 20.9. The van der Waals surface area contributed by atoms with Crippen LogP contribution in [0.5, 0.6) is 0 Å². The summed E-state index contributed by atoms with van der Waals surface area (Å²) in [4.78, 5) is 28.3. The zero-order valence-electron chi connectivity index (χ0n) is 18.3. The molecule has 1 aromatic rings. The van der Waals surface area contributed by atoms with E-state index in [4.69, 9.17) is 4.74 Å². The highest BCUT2D eigenvalue weighted by molar-refractivity contribution is 7.17. The molecule has 5 nitrogen and oxygen atoms in total. The summed E-state index contributed by atoms with van der Waals surface area (Å²) in [6, 6.07) is 0.565. The predicted octanol–water partition coefficient (Wildman–Crippen LogP) is 3.23. The number of quaternary nitrogens is 1. The minimum absolute atomic E-state index is 0.0260. The first-order valence-electron chi connectivity index (χ1n) is 11.2. The first-order valence-corrected chi connectivity index (χ1v) is 12.0. The first-order chi connectivity index (χ1) is 13.7. The molecule has 3 atom stereocenters. The van der Waals surface area contributed by atoms with Crippen LogP contribution in [0.3, 0.4) is 0 Å². The third-order valence-corrected chi connectivity index (χ3v) is 8.17. The molecule has 2 aliphatic carbocycles. The van der Waals surface area contributed by atoms with Crippen molar-refractivity contribution in [2.75, 3.05) is 25.0 Å². The molecule has 0 aromatic carbocycles. The number of esters is 1. The van der Waals surface area contributed by atoms with Crippen molar-refractivity contribution < 1.29 is 19.2 Å². The Hall–Kier alpha value is -1.40. The number of rotatable bonds is 5. The highest BCUT2D eigenvalue weighted by Gasteiger charge is 2.53. The van der Waals surface area contributed by atoms with E-state index in [1.165, 1.54) is 29.0 Å². The number of likely N-dealkylation sites (tertiary alicyclic amines) is 1. The molecule has 4 rings (SSSR count). The second-order valence-corrected chi connectivity index (χ2v) is 11.6. The summed E-state index contributed by atoms with van der Waals surface area (Å²) in [6.45, 7) is 10.8. The van der Waals surface area contributed by atoms with Gasteiger partial charge in [-0.25, -0.2) is 4.79 Å². The Morgan fingerprint density at radius 3 is 2.72 bits per heavy atom. The number of hydrogen-bond donors (Lipinski definition) is 2. The summed E-state index contributed by atoms with van der Waals surface area (Å²) in [5, 5.41) is 3.81. The number of carbonyl (C=O) groups excluding carboxylic acids is 2. The summed E-state index contributed by atoms with van der Waals surface area (Å²) >= 11 is 1.58. The second kappa shape index (κ2) is 7.69. The molecule has 0 spiro atoms. The van der Waals surface area contributed by atoms with Crippen molar-refractivity contribution in [3.63, 3.8) is 0 Å². The number of fused-ring (bicyclic) bond motifs is 3. The number of ether oxygens (including phenoxy) is 1. The summed E-state index contributed by atoms with van der Waals surface area (Å²) < 4.78 is 5.31. The lowest BCUT2D eigenvalue weighted by atomic mass is 9.65. The smallest absolute Gasteiger partial charge is 0.341 e. The molecule has 6 heteroatoms. The zero-order chi connectivity index (χ0) is 20.8. The Balaban J connectivity index is 1.49. The van der Waals surface area contributed by atoms with Crippen molar-refractivity contribution in [1.82, 2.24) is 0 Å². The van der Waals surface area contributed by atoms with Gasteiger partial charge in [0.15, 0.2) is 6.54 Å². The van der Waals surface area contributed by atoms with Crippen LogP contribution >= 0.6 is 11.3 Å². The van der Waals surface area contributed by atoms with Gasteiger partial charge in [-0.1, -0.05) is 20.8 Å². The average Bonchev–Trinajstić information content (AvgIpc) is 3.07. The topological polar surface area (TPSA) is 59.8 Å². The van der Waals surface area contributed by atoms with E-state index in [9.17, 15) is 9.59 Å². The SMILES string of the molecule is CCOC(=O)c1c(NC(=O)C[NH+]2C[C@@]3(C)C[C@@H]2CC(C)(C)C3)sc2c1CCCC2. The van der Waals surface area contributed by atoms with E-state index >= 15 is 0 Å². The number of thiophene rings is 1. The van der Waals surface area contributed by atoms with E-state index in [2.05, 4.69) is 26.1 Å². The van der Waals surface area contributed by atoms with E-state index < -0.39 is 0 Å². The maximum atomic E-state index is 13.0. The highest BCUT2D eigenvalue weighted by Crippen LogP contribution is 2.47. The van der Waals surface area contributed by atoms with Crippen LogP contribution in [0.15, 0.2) is 0 Å². The van der Waals surface area contributed by atoms with Crippen LogP contribution in [-0.2, 0) is 22.4 Å². The molecule has 1 saturated heterocycles. The number of aryl methyl sites for hydroxylation is 1. The van der Waals surface area contributed by atoms with Crippen molar-refractivity contribution >= 4 is 28.2 Å². The largest absolute Gasteiger partial charge is 0.462 e. The van der Waals surface area contributed by atoms with Crippen LogP contribution < -0.4 is 10.2 Å². The van der Waals surface area contributed by atoms with Gasteiger partial charge in [-0.2, -0.15) is 0 Å². The monoisotopic (exact) mass is 419 g/mol. The van der Waals surface area contributed by atoms with Crippen molar-refractivity contribution in [1.29, 1.82) is 0 Å². The highest BCUT2D eigenvalue weighted by atomic mass is 32.1. The van der Waals surface area contributed by atoms with Gasteiger partial charge < -0.3 is 15.0 Å². The Labute approximate surface area is 178 Å². The Bertz CT molecular complexity index is 815. The summed E-state index contributed by atoms with van der Waals surface area (Å²) in [5.41, 5.74) is 2.43. The van der Waals surface area contributed by atoms with Crippen LogP contribution in [0, 0.1) is 10.8 Å². The van der Waals surface area contributed by atoms with Crippen molar-refractivity contribution in [2.24, 2.45) is 10.8 Å². The number of carbonyl (C=O) groups is 2. The Morgan fingerprint density at radius 1 is 1.21 bits per heavy atom. The van der Waals surface area contributed by atoms with Crippen LogP contribution in [0.25, 0.3) is 0 Å². The summed E-state index contributed by atoms with van der Waals surface area (Å²) in [5.74, 6) is -0.265. The fourth-order valence-electron chi connectivity index (χ4n) is 6.41. The molecular weight excluding hydrogens is 384 g/mol. The van der Waals surface area contributed by atoms with Crippen molar-refractivity contribution in [2.45, 2.75) is 78.7 Å². The Kier molecular flexibility index (Phi) is 5.53. The lowest BCUT2D eigenvalue weighted by Gasteiger charge is -2.37. The van der Waals surface area contributed by atoms with Crippen LogP contribution in [0.2, 0.25) is 0 Å². The molecule has 1 amide bonds. The average molecular weight is 420 g/mol. The quantitative estimate of drug-likeness (QED) is 0.721. The standard InChI is InChI=1S/C23H34N2O3S/c1-5-28-21(27)19-16-8-6-7-9-17(16)29-20(19)24-18(26)12-25-14-23(4)11-15(25)10-22(2,3)13-23/h15H,5-14H2,1-4H3,(H,24,26)/p+1/t15-,23-/m0/s1. The minimum Gasteiger partial charge on any atom is -0.462 e. The van der Waals surface area contributed by atoms with Crippen molar-refractivity contribution in [3.8, 4) is 0 Å². The molecular formula is C23H35N2O3S+. The van der Waals surface area contributed by atoms with Crippen LogP contribution in [-0.4, -0.2) is 37.6 Å². The molecule has 2 fully saturated rings. The molecule has 1 saturated carbocycles.